The summed E-state index contributed by atoms with van der Waals surface area (Å²) < 4.78 is 59.6. The largest absolute Gasteiger partial charge is 0.424 e. The summed E-state index contributed by atoms with van der Waals surface area (Å²) in [6.45, 7) is 0. The van der Waals surface area contributed by atoms with Crippen molar-refractivity contribution in [3.05, 3.63) is 90.9 Å². The Morgan fingerprint density at radius 3 is 2.43 bits per heavy atom. The summed E-state index contributed by atoms with van der Waals surface area (Å²) >= 11 is 0. The first kappa shape index (κ1) is 23.7. The molecule has 0 aliphatic heterocycles. The second-order valence-corrected chi connectivity index (χ2v) is 7.60. The Hall–Kier alpha value is -5.07. The normalized spacial score (nSPS) is 11.4. The number of hydrogen-bond acceptors (Lipinski definition) is 6. The lowest BCUT2D eigenvalue weighted by molar-refractivity contribution is -0.137. The summed E-state index contributed by atoms with van der Waals surface area (Å²) in [6.07, 6.45) is 2.96. The van der Waals surface area contributed by atoms with Gasteiger partial charge >= 0.3 is 18.2 Å². The van der Waals surface area contributed by atoms with Gasteiger partial charge in [-0.2, -0.15) is 18.3 Å². The first-order chi connectivity index (χ1) is 17.8. The van der Waals surface area contributed by atoms with Crippen molar-refractivity contribution in [3.8, 4) is 22.9 Å². The summed E-state index contributed by atoms with van der Waals surface area (Å²) in [5, 5.41) is 8.60. The molecule has 0 spiro atoms. The molecular weight excluding hydrogens is 494 g/mol. The Balaban J connectivity index is 1.21. The fraction of sp³-hybridized carbons (Fsp3) is 0.0417. The third-order valence-electron chi connectivity index (χ3n) is 5.08. The molecule has 2 amide bonds. The van der Waals surface area contributed by atoms with Gasteiger partial charge in [-0.3, -0.25) is 0 Å². The average molecular weight is 509 g/mol. The minimum atomic E-state index is -4.68. The minimum Gasteiger partial charge on any atom is -0.424 e. The lowest BCUT2D eigenvalue weighted by Crippen LogP contribution is -2.21. The smallest absolute Gasteiger partial charge is 0.416 e. The number of carbonyl (C=O) groups is 1. The number of amides is 2. The van der Waals surface area contributed by atoms with Crippen LogP contribution in [0.4, 0.5) is 33.7 Å². The van der Waals surface area contributed by atoms with Gasteiger partial charge in [-0.15, -0.1) is 0 Å². The fourth-order valence-electron chi connectivity index (χ4n) is 3.35. The second-order valence-electron chi connectivity index (χ2n) is 7.60. The molecule has 0 unspecified atom stereocenters. The van der Waals surface area contributed by atoms with Gasteiger partial charge in [0.05, 0.1) is 35.5 Å². The predicted octanol–water partition coefficient (Wildman–Crippen LogP) is 5.78. The van der Waals surface area contributed by atoms with E-state index in [0.29, 0.717) is 29.6 Å². The fourth-order valence-corrected chi connectivity index (χ4v) is 3.35. The number of benzene rings is 2. The van der Waals surface area contributed by atoms with Gasteiger partial charge in [0.1, 0.15) is 11.6 Å². The summed E-state index contributed by atoms with van der Waals surface area (Å²) in [5.74, 6) is -0.571. The Bertz CT molecular complexity index is 1570. The molecule has 0 saturated heterocycles. The number of urea groups is 1. The number of fused-ring (bicyclic) bond motifs is 1. The van der Waals surface area contributed by atoms with Crippen LogP contribution in [0, 0.1) is 5.82 Å². The van der Waals surface area contributed by atoms with E-state index in [9.17, 15) is 22.4 Å². The highest BCUT2D eigenvalue weighted by Gasteiger charge is 2.31. The highest BCUT2D eigenvalue weighted by Crippen LogP contribution is 2.32. The molecule has 2 aromatic carbocycles. The van der Waals surface area contributed by atoms with E-state index < -0.39 is 29.3 Å². The molecule has 5 aromatic rings. The third kappa shape index (κ3) is 5.29. The number of aromatic nitrogens is 5. The lowest BCUT2D eigenvalue weighted by atomic mass is 10.1. The van der Waals surface area contributed by atoms with Crippen LogP contribution in [0.3, 0.4) is 0 Å². The van der Waals surface area contributed by atoms with Crippen molar-refractivity contribution in [1.29, 1.82) is 0 Å². The van der Waals surface area contributed by atoms with Crippen molar-refractivity contribution >= 4 is 23.1 Å². The first-order valence-corrected chi connectivity index (χ1v) is 10.6. The molecule has 0 aliphatic carbocycles. The average Bonchev–Trinajstić information content (AvgIpc) is 3.31. The number of carbonyl (C=O) groups excluding carboxylic acids is 1. The molecule has 13 heteroatoms. The van der Waals surface area contributed by atoms with Crippen molar-refractivity contribution in [3.63, 3.8) is 0 Å². The molecule has 37 heavy (non-hydrogen) atoms. The molecule has 0 fully saturated rings. The van der Waals surface area contributed by atoms with Crippen LogP contribution in [-0.4, -0.2) is 30.6 Å². The summed E-state index contributed by atoms with van der Waals surface area (Å²) in [5.41, 5.74) is 0.816. The van der Waals surface area contributed by atoms with Crippen LogP contribution in [0.25, 0.3) is 16.8 Å². The van der Waals surface area contributed by atoms with Gasteiger partial charge < -0.3 is 15.4 Å². The van der Waals surface area contributed by atoms with Gasteiger partial charge in [0, 0.05) is 18.0 Å². The van der Waals surface area contributed by atoms with E-state index in [0.717, 1.165) is 11.1 Å². The number of ether oxygens (including phenoxy) is 1. The molecule has 0 radical (unpaired) electrons. The van der Waals surface area contributed by atoms with Crippen LogP contribution in [0.15, 0.2) is 79.5 Å². The first-order valence-electron chi connectivity index (χ1n) is 10.6. The van der Waals surface area contributed by atoms with E-state index >= 15 is 0 Å². The molecule has 0 bridgehead atoms. The van der Waals surface area contributed by atoms with Crippen LogP contribution in [0.2, 0.25) is 0 Å². The number of halogens is 4. The van der Waals surface area contributed by atoms with Crippen LogP contribution < -0.4 is 15.4 Å². The van der Waals surface area contributed by atoms with E-state index in [1.54, 1.807) is 41.3 Å². The number of alkyl halides is 3. The van der Waals surface area contributed by atoms with Gasteiger partial charge in [0.2, 0.25) is 0 Å². The Morgan fingerprint density at radius 2 is 1.70 bits per heavy atom. The SMILES string of the molecule is O=C(Nc1cnc(Oc2ccc(-c3cnn4cccnc34)cc2)nc1)Nc1cc(C(F)(F)F)ccc1F. The van der Waals surface area contributed by atoms with E-state index in [1.807, 2.05) is 17.4 Å². The predicted molar refractivity (Wildman–Crippen MR) is 125 cm³/mol. The maximum atomic E-state index is 13.8. The number of nitrogens with one attached hydrogen (secondary N) is 2. The Labute approximate surface area is 205 Å². The van der Waals surface area contributed by atoms with Crippen molar-refractivity contribution in [2.75, 3.05) is 10.6 Å². The maximum absolute atomic E-state index is 13.8. The number of rotatable bonds is 5. The lowest BCUT2D eigenvalue weighted by Gasteiger charge is -2.11. The number of nitrogens with zero attached hydrogens (tertiary/aromatic N) is 5. The Morgan fingerprint density at radius 1 is 0.946 bits per heavy atom. The van der Waals surface area contributed by atoms with E-state index in [-0.39, 0.29) is 11.7 Å². The highest BCUT2D eigenvalue weighted by atomic mass is 19.4. The molecular formula is C24H15F4N7O2. The summed E-state index contributed by atoms with van der Waals surface area (Å²) in [4.78, 5) is 24.4. The van der Waals surface area contributed by atoms with Crippen LogP contribution in [-0.2, 0) is 6.18 Å². The topological polar surface area (TPSA) is 106 Å². The van der Waals surface area contributed by atoms with E-state index in [2.05, 4.69) is 25.4 Å². The van der Waals surface area contributed by atoms with Crippen LogP contribution in [0.1, 0.15) is 5.56 Å². The Kier molecular flexibility index (Phi) is 6.09. The maximum Gasteiger partial charge on any atom is 0.416 e. The van der Waals surface area contributed by atoms with Crippen LogP contribution >= 0.6 is 0 Å². The van der Waals surface area contributed by atoms with Gasteiger partial charge in [-0.1, -0.05) is 12.1 Å². The van der Waals surface area contributed by atoms with Crippen molar-refractivity contribution < 1.29 is 27.1 Å². The zero-order valence-corrected chi connectivity index (χ0v) is 18.6. The molecule has 0 aliphatic rings. The van der Waals surface area contributed by atoms with E-state index in [1.165, 1.54) is 12.4 Å². The minimum absolute atomic E-state index is 0.0136. The number of anilines is 2. The van der Waals surface area contributed by atoms with E-state index in [4.69, 9.17) is 4.74 Å². The van der Waals surface area contributed by atoms with Gasteiger partial charge in [-0.25, -0.2) is 28.7 Å². The molecule has 0 saturated carbocycles. The molecule has 186 valence electrons. The van der Waals surface area contributed by atoms with Gasteiger partial charge in [-0.05, 0) is 42.0 Å². The molecule has 3 heterocycles. The second kappa shape index (κ2) is 9.53. The van der Waals surface area contributed by atoms with Crippen molar-refractivity contribution in [1.82, 2.24) is 24.6 Å². The van der Waals surface area contributed by atoms with Gasteiger partial charge in [0.15, 0.2) is 5.65 Å². The number of hydrogen-bond donors (Lipinski definition) is 2. The molecule has 0 atom stereocenters. The van der Waals surface area contributed by atoms with Crippen molar-refractivity contribution in [2.45, 2.75) is 6.18 Å². The standard InChI is InChI=1S/C24H15F4N7O2/c25-19-7-4-15(24(26,27)28)10-20(19)34-22(36)33-16-11-30-23(31-12-16)37-17-5-2-14(3-6-17)18-13-32-35-9-1-8-29-21(18)35/h1-13H,(H2,33,34,36). The van der Waals surface area contributed by atoms with Crippen LogP contribution in [0.5, 0.6) is 11.8 Å². The zero-order valence-electron chi connectivity index (χ0n) is 18.6. The monoisotopic (exact) mass is 509 g/mol. The molecule has 3 aromatic heterocycles. The summed E-state index contributed by atoms with van der Waals surface area (Å²) in [7, 11) is 0. The molecule has 2 N–H and O–H groups in total. The third-order valence-corrected chi connectivity index (χ3v) is 5.08. The molecule has 5 rings (SSSR count). The van der Waals surface area contributed by atoms with Crippen molar-refractivity contribution in [2.24, 2.45) is 0 Å². The quantitative estimate of drug-likeness (QED) is 0.291. The highest BCUT2D eigenvalue weighted by molar-refractivity contribution is 5.99. The zero-order chi connectivity index (χ0) is 26.0. The molecule has 9 nitrogen and oxygen atoms in total. The van der Waals surface area contributed by atoms with Gasteiger partial charge in [0.25, 0.3) is 0 Å². The summed E-state index contributed by atoms with van der Waals surface area (Å²) in [6, 6.07) is 9.58.